The Morgan fingerprint density at radius 1 is 1.15 bits per heavy atom. The van der Waals surface area contributed by atoms with Gasteiger partial charge in [-0.3, -0.25) is 4.79 Å². The molecule has 0 radical (unpaired) electrons. The maximum atomic E-state index is 13.9. The third kappa shape index (κ3) is 1.79. The van der Waals surface area contributed by atoms with Crippen LogP contribution in [0.4, 0.5) is 8.78 Å². The van der Waals surface area contributed by atoms with Crippen molar-refractivity contribution in [2.24, 2.45) is 0 Å². The van der Waals surface area contributed by atoms with Crippen LogP contribution in [0, 0.1) is 11.6 Å². The lowest BCUT2D eigenvalue weighted by atomic mass is 10.1. The predicted octanol–water partition coefficient (Wildman–Crippen LogP) is 4.00. The van der Waals surface area contributed by atoms with Gasteiger partial charge in [-0.15, -0.1) is 0 Å². The SMILES string of the molecule is COc1cc2c(=O)c3cc(Br)ccc3oc2c(F)c1F. The summed E-state index contributed by atoms with van der Waals surface area (Å²) >= 11 is 3.25. The molecule has 0 amide bonds. The van der Waals surface area contributed by atoms with Crippen molar-refractivity contribution >= 4 is 37.9 Å². The van der Waals surface area contributed by atoms with Crippen LogP contribution in [0.2, 0.25) is 0 Å². The van der Waals surface area contributed by atoms with Crippen molar-refractivity contribution in [1.29, 1.82) is 0 Å². The molecule has 0 N–H and O–H groups in total. The highest BCUT2D eigenvalue weighted by Crippen LogP contribution is 2.29. The summed E-state index contributed by atoms with van der Waals surface area (Å²) in [5.74, 6) is -2.75. The molecular formula is C14H7BrF2O3. The van der Waals surface area contributed by atoms with E-state index < -0.39 is 22.6 Å². The zero-order valence-electron chi connectivity index (χ0n) is 10.2. The highest BCUT2D eigenvalue weighted by Gasteiger charge is 2.19. The summed E-state index contributed by atoms with van der Waals surface area (Å²) in [4.78, 5) is 12.3. The number of rotatable bonds is 1. The molecule has 3 nitrogen and oxygen atoms in total. The van der Waals surface area contributed by atoms with Crippen LogP contribution in [-0.2, 0) is 0 Å². The van der Waals surface area contributed by atoms with Gasteiger partial charge >= 0.3 is 0 Å². The maximum Gasteiger partial charge on any atom is 0.205 e. The van der Waals surface area contributed by atoms with Crippen molar-refractivity contribution < 1.29 is 17.9 Å². The maximum absolute atomic E-state index is 13.9. The highest BCUT2D eigenvalue weighted by atomic mass is 79.9. The van der Waals surface area contributed by atoms with E-state index in [0.717, 1.165) is 6.07 Å². The first kappa shape index (κ1) is 13.1. The number of benzene rings is 2. The third-order valence-electron chi connectivity index (χ3n) is 2.99. The van der Waals surface area contributed by atoms with Gasteiger partial charge in [0.05, 0.1) is 17.9 Å². The summed E-state index contributed by atoms with van der Waals surface area (Å²) in [5, 5.41) is 0.214. The minimum Gasteiger partial charge on any atom is -0.494 e. The fourth-order valence-electron chi connectivity index (χ4n) is 2.03. The molecule has 2 aromatic carbocycles. The Labute approximate surface area is 119 Å². The number of ether oxygens (including phenoxy) is 1. The average Bonchev–Trinajstić information content (AvgIpc) is 2.44. The monoisotopic (exact) mass is 340 g/mol. The van der Waals surface area contributed by atoms with Gasteiger partial charge in [-0.05, 0) is 24.3 Å². The Morgan fingerprint density at radius 3 is 2.60 bits per heavy atom. The molecule has 0 spiro atoms. The van der Waals surface area contributed by atoms with E-state index in [1.165, 1.54) is 13.2 Å². The fourth-order valence-corrected chi connectivity index (χ4v) is 2.39. The minimum atomic E-state index is -1.23. The summed E-state index contributed by atoms with van der Waals surface area (Å²) in [6, 6.07) is 5.87. The van der Waals surface area contributed by atoms with Gasteiger partial charge in [-0.1, -0.05) is 15.9 Å². The lowest BCUT2D eigenvalue weighted by Gasteiger charge is -2.07. The van der Waals surface area contributed by atoms with Crippen molar-refractivity contribution in [1.82, 2.24) is 0 Å². The fraction of sp³-hybridized carbons (Fsp3) is 0.0714. The average molecular weight is 341 g/mol. The molecule has 0 aliphatic heterocycles. The number of fused-ring (bicyclic) bond motifs is 2. The molecule has 20 heavy (non-hydrogen) atoms. The van der Waals surface area contributed by atoms with Gasteiger partial charge in [0.2, 0.25) is 17.1 Å². The van der Waals surface area contributed by atoms with Crippen LogP contribution in [0.1, 0.15) is 0 Å². The van der Waals surface area contributed by atoms with Gasteiger partial charge in [0.1, 0.15) is 5.58 Å². The normalized spacial score (nSPS) is 11.2. The van der Waals surface area contributed by atoms with E-state index in [1.54, 1.807) is 12.1 Å². The van der Waals surface area contributed by atoms with Crippen molar-refractivity contribution in [2.45, 2.75) is 0 Å². The molecule has 3 rings (SSSR count). The first-order valence-corrected chi connectivity index (χ1v) is 6.40. The van der Waals surface area contributed by atoms with E-state index in [4.69, 9.17) is 9.15 Å². The van der Waals surface area contributed by atoms with Crippen molar-refractivity contribution in [3.8, 4) is 5.75 Å². The smallest absolute Gasteiger partial charge is 0.205 e. The van der Waals surface area contributed by atoms with E-state index in [-0.39, 0.29) is 22.1 Å². The zero-order chi connectivity index (χ0) is 14.4. The second-order valence-corrected chi connectivity index (χ2v) is 5.07. The molecule has 0 atom stereocenters. The quantitative estimate of drug-likeness (QED) is 0.628. The lowest BCUT2D eigenvalue weighted by Crippen LogP contribution is -2.05. The Morgan fingerprint density at radius 2 is 1.90 bits per heavy atom. The van der Waals surface area contributed by atoms with Crippen molar-refractivity contribution in [2.75, 3.05) is 7.11 Å². The van der Waals surface area contributed by atoms with Gasteiger partial charge in [-0.2, -0.15) is 8.78 Å². The number of halogens is 3. The molecular weight excluding hydrogens is 334 g/mol. The van der Waals surface area contributed by atoms with Crippen LogP contribution < -0.4 is 10.2 Å². The molecule has 0 fully saturated rings. The molecule has 6 heteroatoms. The zero-order valence-corrected chi connectivity index (χ0v) is 11.8. The first-order valence-electron chi connectivity index (χ1n) is 5.61. The van der Waals surface area contributed by atoms with E-state index >= 15 is 0 Å². The minimum absolute atomic E-state index is 0.0636. The molecule has 1 heterocycles. The number of hydrogen-bond donors (Lipinski definition) is 0. The molecule has 0 saturated heterocycles. The standard InChI is InChI=1S/C14H7BrF2O3/c1-19-10-5-8-13(18)7-4-6(15)2-3-9(7)20-14(8)12(17)11(10)16/h2-5H,1H3. The highest BCUT2D eigenvalue weighted by molar-refractivity contribution is 9.10. The third-order valence-corrected chi connectivity index (χ3v) is 3.48. The first-order chi connectivity index (χ1) is 9.52. The Kier molecular flexibility index (Phi) is 2.97. The molecule has 0 aliphatic rings. The van der Waals surface area contributed by atoms with Crippen molar-refractivity contribution in [3.05, 3.63) is 50.6 Å². The molecule has 0 saturated carbocycles. The summed E-state index contributed by atoms with van der Waals surface area (Å²) in [6.45, 7) is 0. The molecule has 1 aromatic heterocycles. The summed E-state index contributed by atoms with van der Waals surface area (Å²) in [6.07, 6.45) is 0. The van der Waals surface area contributed by atoms with E-state index in [2.05, 4.69) is 15.9 Å². The second-order valence-electron chi connectivity index (χ2n) is 4.16. The second kappa shape index (κ2) is 4.56. The molecule has 3 aromatic rings. The van der Waals surface area contributed by atoms with Crippen molar-refractivity contribution in [3.63, 3.8) is 0 Å². The Hall–Kier alpha value is -1.95. The summed E-state index contributed by atoms with van der Waals surface area (Å²) in [7, 11) is 1.20. The van der Waals surface area contributed by atoms with Crippen LogP contribution in [-0.4, -0.2) is 7.11 Å². The van der Waals surface area contributed by atoms with Crippen LogP contribution >= 0.6 is 15.9 Å². The van der Waals surface area contributed by atoms with Gasteiger partial charge in [0, 0.05) is 4.47 Å². The van der Waals surface area contributed by atoms with Gasteiger partial charge in [-0.25, -0.2) is 0 Å². The van der Waals surface area contributed by atoms with E-state index in [9.17, 15) is 13.6 Å². The molecule has 102 valence electrons. The van der Waals surface area contributed by atoms with Crippen LogP contribution in [0.3, 0.4) is 0 Å². The summed E-state index contributed by atoms with van der Waals surface area (Å²) in [5.41, 5.74) is -0.669. The van der Waals surface area contributed by atoms with Gasteiger partial charge in [0.15, 0.2) is 11.3 Å². The molecule has 0 unspecified atom stereocenters. The van der Waals surface area contributed by atoms with E-state index in [1.807, 2.05) is 0 Å². The van der Waals surface area contributed by atoms with Gasteiger partial charge in [0.25, 0.3) is 0 Å². The predicted molar refractivity (Wildman–Crippen MR) is 74.2 cm³/mol. The van der Waals surface area contributed by atoms with E-state index in [0.29, 0.717) is 4.47 Å². The molecule has 0 bridgehead atoms. The summed E-state index contributed by atoms with van der Waals surface area (Å²) < 4.78 is 38.3. The number of hydrogen-bond acceptors (Lipinski definition) is 3. The molecule has 0 aliphatic carbocycles. The Bertz CT molecular complexity index is 902. The van der Waals surface area contributed by atoms with Crippen LogP contribution in [0.25, 0.3) is 21.9 Å². The van der Waals surface area contributed by atoms with Crippen LogP contribution in [0.15, 0.2) is 37.9 Å². The van der Waals surface area contributed by atoms with Crippen LogP contribution in [0.5, 0.6) is 5.75 Å². The van der Waals surface area contributed by atoms with Gasteiger partial charge < -0.3 is 9.15 Å². The lowest BCUT2D eigenvalue weighted by molar-refractivity contribution is 0.372. The Balaban J connectivity index is 2.57. The topological polar surface area (TPSA) is 39.4 Å². The number of methoxy groups -OCH3 is 1. The largest absolute Gasteiger partial charge is 0.494 e.